The van der Waals surface area contributed by atoms with Gasteiger partial charge < -0.3 is 4.74 Å². The van der Waals surface area contributed by atoms with E-state index in [1.54, 1.807) is 13.8 Å². The van der Waals surface area contributed by atoms with Crippen LogP contribution < -0.4 is 9.88 Å². The summed E-state index contributed by atoms with van der Waals surface area (Å²) >= 11 is 0. The summed E-state index contributed by atoms with van der Waals surface area (Å²) in [5.41, 5.74) is 0.813. The number of nitrogens with zero attached hydrogens (tertiary/aromatic N) is 3. The molecule has 2 N–H and O–H groups in total. The lowest BCUT2D eigenvalue weighted by atomic mass is 10.3. The molecule has 2 aromatic rings. The molecule has 0 bridgehead atoms. The Morgan fingerprint density at radius 3 is 2.39 bits per heavy atom. The molecule has 1 aromatic heterocycles. The summed E-state index contributed by atoms with van der Waals surface area (Å²) in [6.45, 7) is 3.76. The number of nitro groups is 1. The molecule has 0 fully saturated rings. The van der Waals surface area contributed by atoms with Crippen LogP contribution in [0.4, 0.5) is 5.69 Å². The molecule has 2 rings (SSSR count). The molecule has 0 spiro atoms. The van der Waals surface area contributed by atoms with E-state index in [-0.39, 0.29) is 17.2 Å². The van der Waals surface area contributed by atoms with Gasteiger partial charge in [0.15, 0.2) is 0 Å². The molecule has 1 heterocycles. The first-order chi connectivity index (χ1) is 10.7. The average Bonchev–Trinajstić information content (AvgIpc) is 2.73. The lowest BCUT2D eigenvalue weighted by molar-refractivity contribution is -0.386. The lowest BCUT2D eigenvalue weighted by Gasteiger charge is -2.07. The Bertz CT molecular complexity index is 827. The maximum Gasteiger partial charge on any atom is 0.312 e. The van der Waals surface area contributed by atoms with Crippen LogP contribution in [0.1, 0.15) is 11.4 Å². The lowest BCUT2D eigenvalue weighted by Crippen LogP contribution is -2.12. The van der Waals surface area contributed by atoms with Crippen molar-refractivity contribution < 1.29 is 18.1 Å². The highest BCUT2D eigenvalue weighted by atomic mass is 32.2. The number of ether oxygens (including phenoxy) is 1. The molecule has 1 aromatic carbocycles. The van der Waals surface area contributed by atoms with Crippen molar-refractivity contribution in [2.75, 3.05) is 6.61 Å². The van der Waals surface area contributed by atoms with E-state index in [0.717, 1.165) is 0 Å². The minimum absolute atomic E-state index is 0.000907. The Balaban J connectivity index is 2.01. The third kappa shape index (κ3) is 3.85. The van der Waals surface area contributed by atoms with Crippen molar-refractivity contribution in [3.8, 4) is 5.75 Å². The zero-order chi connectivity index (χ0) is 17.2. The van der Waals surface area contributed by atoms with E-state index >= 15 is 0 Å². The van der Waals surface area contributed by atoms with Crippen LogP contribution in [-0.4, -0.2) is 29.7 Å². The largest absolute Gasteiger partial charge is 0.492 e. The molecule has 0 saturated carbocycles. The Morgan fingerprint density at radius 1 is 1.30 bits per heavy atom. The third-order valence-corrected chi connectivity index (χ3v) is 4.18. The molecule has 0 radical (unpaired) electrons. The second kappa shape index (κ2) is 6.34. The normalized spacial score (nSPS) is 11.4. The van der Waals surface area contributed by atoms with Crippen molar-refractivity contribution in [3.05, 3.63) is 45.8 Å². The molecule has 23 heavy (non-hydrogen) atoms. The maximum atomic E-state index is 11.1. The summed E-state index contributed by atoms with van der Waals surface area (Å²) in [6.07, 6.45) is 0. The molecule has 124 valence electrons. The Hall–Kier alpha value is -2.46. The van der Waals surface area contributed by atoms with Crippen LogP contribution >= 0.6 is 0 Å². The number of benzene rings is 1. The van der Waals surface area contributed by atoms with Gasteiger partial charge in [-0.3, -0.25) is 14.8 Å². The number of nitrogens with two attached hydrogens (primary N) is 1. The van der Waals surface area contributed by atoms with Gasteiger partial charge in [0.1, 0.15) is 23.7 Å². The number of hydrogen-bond donors (Lipinski definition) is 1. The number of aryl methyl sites for hydroxylation is 1. The van der Waals surface area contributed by atoms with Gasteiger partial charge in [-0.1, -0.05) is 0 Å². The standard InChI is InChI=1S/C13H16N4O5S/c1-9-13(17(18)19)10(2)16(15-9)7-8-22-11-3-5-12(6-4-11)23(14,20)21/h3-6H,7-8H2,1-2H3,(H2,14,20,21). The van der Waals surface area contributed by atoms with E-state index in [1.807, 2.05) is 0 Å². The molecule has 0 aliphatic heterocycles. The van der Waals surface area contributed by atoms with E-state index in [1.165, 1.54) is 28.9 Å². The van der Waals surface area contributed by atoms with Crippen molar-refractivity contribution in [2.24, 2.45) is 5.14 Å². The van der Waals surface area contributed by atoms with Crippen molar-refractivity contribution >= 4 is 15.7 Å². The predicted octanol–water partition coefficient (Wildman–Crippen LogP) is 1.13. The fraction of sp³-hybridized carbons (Fsp3) is 0.308. The molecule has 0 aliphatic rings. The molecule has 0 unspecified atom stereocenters. The van der Waals surface area contributed by atoms with Crippen molar-refractivity contribution in [1.82, 2.24) is 9.78 Å². The quantitative estimate of drug-likeness (QED) is 0.619. The predicted molar refractivity (Wildman–Crippen MR) is 81.7 cm³/mol. The third-order valence-electron chi connectivity index (χ3n) is 3.25. The Kier molecular flexibility index (Phi) is 4.66. The second-order valence-electron chi connectivity index (χ2n) is 4.86. The van der Waals surface area contributed by atoms with E-state index in [0.29, 0.717) is 23.7 Å². The van der Waals surface area contributed by atoms with Gasteiger partial charge in [0.2, 0.25) is 10.0 Å². The Morgan fingerprint density at radius 2 is 1.91 bits per heavy atom. The summed E-state index contributed by atoms with van der Waals surface area (Å²) < 4.78 is 29.3. The van der Waals surface area contributed by atoms with Gasteiger partial charge in [-0.25, -0.2) is 13.6 Å². The van der Waals surface area contributed by atoms with Gasteiger partial charge in [-0.05, 0) is 38.1 Å². The van der Waals surface area contributed by atoms with Crippen LogP contribution in [0.5, 0.6) is 5.75 Å². The molecule has 10 heteroatoms. The number of hydrogen-bond acceptors (Lipinski definition) is 6. The highest BCUT2D eigenvalue weighted by molar-refractivity contribution is 7.89. The summed E-state index contributed by atoms with van der Waals surface area (Å²) in [4.78, 5) is 10.5. The topological polar surface area (TPSA) is 130 Å². The van der Waals surface area contributed by atoms with Gasteiger partial charge in [0.05, 0.1) is 16.4 Å². The molecule has 0 amide bonds. The van der Waals surface area contributed by atoms with Gasteiger partial charge in [0.25, 0.3) is 0 Å². The van der Waals surface area contributed by atoms with Crippen LogP contribution in [0.25, 0.3) is 0 Å². The van der Waals surface area contributed by atoms with Gasteiger partial charge in [-0.15, -0.1) is 0 Å². The van der Waals surface area contributed by atoms with Gasteiger partial charge in [-0.2, -0.15) is 5.10 Å². The van der Waals surface area contributed by atoms with E-state index in [9.17, 15) is 18.5 Å². The highest BCUT2D eigenvalue weighted by Crippen LogP contribution is 2.21. The van der Waals surface area contributed by atoms with Crippen molar-refractivity contribution in [3.63, 3.8) is 0 Å². The van der Waals surface area contributed by atoms with E-state index in [2.05, 4.69) is 5.10 Å². The number of aromatic nitrogens is 2. The van der Waals surface area contributed by atoms with Crippen LogP contribution in [0.15, 0.2) is 29.2 Å². The SMILES string of the molecule is Cc1nn(CCOc2ccc(S(N)(=O)=O)cc2)c(C)c1[N+](=O)[O-]. The first-order valence-electron chi connectivity index (χ1n) is 6.64. The molecule has 0 saturated heterocycles. The van der Waals surface area contributed by atoms with E-state index < -0.39 is 14.9 Å². The summed E-state index contributed by atoms with van der Waals surface area (Å²) in [6, 6.07) is 5.67. The smallest absolute Gasteiger partial charge is 0.312 e. The zero-order valence-corrected chi connectivity index (χ0v) is 13.4. The average molecular weight is 340 g/mol. The number of primary sulfonamides is 1. The molecule has 0 aliphatic carbocycles. The second-order valence-corrected chi connectivity index (χ2v) is 6.43. The minimum atomic E-state index is -3.73. The molecular weight excluding hydrogens is 324 g/mol. The first-order valence-corrected chi connectivity index (χ1v) is 8.19. The van der Waals surface area contributed by atoms with E-state index in [4.69, 9.17) is 9.88 Å². The van der Waals surface area contributed by atoms with Crippen LogP contribution in [0, 0.1) is 24.0 Å². The van der Waals surface area contributed by atoms with Crippen molar-refractivity contribution in [1.29, 1.82) is 0 Å². The monoisotopic (exact) mass is 340 g/mol. The fourth-order valence-electron chi connectivity index (χ4n) is 2.14. The molecule has 9 nitrogen and oxygen atoms in total. The maximum absolute atomic E-state index is 11.1. The van der Waals surface area contributed by atoms with Crippen LogP contribution in [0.2, 0.25) is 0 Å². The van der Waals surface area contributed by atoms with Gasteiger partial charge >= 0.3 is 5.69 Å². The molecular formula is C13H16N4O5S. The highest BCUT2D eigenvalue weighted by Gasteiger charge is 2.21. The summed E-state index contributed by atoms with van der Waals surface area (Å²) in [5, 5.41) is 20.0. The van der Waals surface area contributed by atoms with Crippen LogP contribution in [-0.2, 0) is 16.6 Å². The summed E-state index contributed by atoms with van der Waals surface area (Å²) in [5.74, 6) is 0.466. The first kappa shape index (κ1) is 16.9. The summed E-state index contributed by atoms with van der Waals surface area (Å²) in [7, 11) is -3.73. The van der Waals surface area contributed by atoms with Crippen molar-refractivity contribution in [2.45, 2.75) is 25.3 Å². The zero-order valence-electron chi connectivity index (χ0n) is 12.6. The molecule has 0 atom stereocenters. The van der Waals surface area contributed by atoms with Gasteiger partial charge in [0, 0.05) is 0 Å². The van der Waals surface area contributed by atoms with Crippen LogP contribution in [0.3, 0.4) is 0 Å². The Labute approximate surface area is 132 Å². The minimum Gasteiger partial charge on any atom is -0.492 e. The number of rotatable bonds is 6. The fourth-order valence-corrected chi connectivity index (χ4v) is 2.66. The number of sulfonamides is 1.